The standard InChI is InChI=1S/C24H24N2O4/c1-3-5-8-19-16-26(22(27)4-2)24(30)25(19)15-17-11-13-18(14-12-17)20-9-6-7-10-21(20)23(28)29/h3,5-7,9-14,16H,4,8,15H2,1-2H3,(H,28,29)/b5-3+. The predicted molar refractivity (Wildman–Crippen MR) is 116 cm³/mol. The van der Waals surface area contributed by atoms with Crippen LogP contribution in [-0.4, -0.2) is 26.1 Å². The van der Waals surface area contributed by atoms with Crippen molar-refractivity contribution in [3.63, 3.8) is 0 Å². The second kappa shape index (κ2) is 9.22. The lowest BCUT2D eigenvalue weighted by Gasteiger charge is -2.09. The predicted octanol–water partition coefficient (Wildman–Crippen LogP) is 4.23. The summed E-state index contributed by atoms with van der Waals surface area (Å²) < 4.78 is 2.78. The lowest BCUT2D eigenvalue weighted by molar-refractivity contribution is 0.0697. The fourth-order valence-corrected chi connectivity index (χ4v) is 3.34. The van der Waals surface area contributed by atoms with Crippen LogP contribution < -0.4 is 5.69 Å². The van der Waals surface area contributed by atoms with E-state index in [0.717, 1.165) is 16.8 Å². The molecule has 0 unspecified atom stereocenters. The molecule has 30 heavy (non-hydrogen) atoms. The van der Waals surface area contributed by atoms with E-state index in [0.29, 0.717) is 18.5 Å². The van der Waals surface area contributed by atoms with Gasteiger partial charge in [0.05, 0.1) is 12.1 Å². The largest absolute Gasteiger partial charge is 0.478 e. The van der Waals surface area contributed by atoms with E-state index in [1.54, 1.807) is 42.0 Å². The summed E-state index contributed by atoms with van der Waals surface area (Å²) in [4.78, 5) is 36.4. The molecule has 6 nitrogen and oxygen atoms in total. The van der Waals surface area contributed by atoms with Crippen molar-refractivity contribution in [1.82, 2.24) is 9.13 Å². The number of hydrogen-bond donors (Lipinski definition) is 1. The third kappa shape index (κ3) is 4.33. The highest BCUT2D eigenvalue weighted by atomic mass is 16.4. The Hall–Kier alpha value is -3.67. The van der Waals surface area contributed by atoms with E-state index in [9.17, 15) is 19.5 Å². The van der Waals surface area contributed by atoms with Gasteiger partial charge < -0.3 is 5.11 Å². The Kier molecular flexibility index (Phi) is 6.47. The van der Waals surface area contributed by atoms with Crippen molar-refractivity contribution in [2.45, 2.75) is 33.2 Å². The van der Waals surface area contributed by atoms with Crippen molar-refractivity contribution in [2.24, 2.45) is 0 Å². The number of carboxylic acids is 1. The van der Waals surface area contributed by atoms with Crippen LogP contribution in [0.15, 0.2) is 71.7 Å². The number of hydrogen-bond acceptors (Lipinski definition) is 3. The zero-order valence-corrected chi connectivity index (χ0v) is 17.0. The highest BCUT2D eigenvalue weighted by molar-refractivity contribution is 5.96. The van der Waals surface area contributed by atoms with E-state index >= 15 is 0 Å². The van der Waals surface area contributed by atoms with E-state index in [1.807, 2.05) is 43.3 Å². The van der Waals surface area contributed by atoms with E-state index in [4.69, 9.17) is 0 Å². The molecule has 0 radical (unpaired) electrons. The van der Waals surface area contributed by atoms with Crippen LogP contribution in [0.25, 0.3) is 11.1 Å². The maximum Gasteiger partial charge on any atom is 0.336 e. The molecule has 6 heteroatoms. The summed E-state index contributed by atoms with van der Waals surface area (Å²) in [6, 6.07) is 14.3. The zero-order chi connectivity index (χ0) is 21.7. The van der Waals surface area contributed by atoms with E-state index in [1.165, 1.54) is 4.57 Å². The minimum Gasteiger partial charge on any atom is -0.478 e. The maximum atomic E-state index is 12.8. The van der Waals surface area contributed by atoms with Crippen molar-refractivity contribution in [2.75, 3.05) is 0 Å². The average molecular weight is 404 g/mol. The zero-order valence-electron chi connectivity index (χ0n) is 17.0. The first-order chi connectivity index (χ1) is 14.5. The van der Waals surface area contributed by atoms with Crippen molar-refractivity contribution >= 4 is 11.9 Å². The lowest BCUT2D eigenvalue weighted by Crippen LogP contribution is -2.29. The first kappa shape index (κ1) is 21.0. The molecule has 0 aliphatic rings. The van der Waals surface area contributed by atoms with Crippen LogP contribution in [0, 0.1) is 0 Å². The lowest BCUT2D eigenvalue weighted by atomic mass is 9.99. The first-order valence-electron chi connectivity index (χ1n) is 9.83. The number of allylic oxidation sites excluding steroid dienone is 2. The summed E-state index contributed by atoms with van der Waals surface area (Å²) in [7, 11) is 0. The van der Waals surface area contributed by atoms with E-state index < -0.39 is 5.97 Å². The maximum absolute atomic E-state index is 12.8. The third-order valence-electron chi connectivity index (χ3n) is 4.96. The Morgan fingerprint density at radius 1 is 1.07 bits per heavy atom. The van der Waals surface area contributed by atoms with Gasteiger partial charge in [0.2, 0.25) is 5.91 Å². The molecule has 3 rings (SSSR count). The number of nitrogens with zero attached hydrogens (tertiary/aromatic N) is 2. The molecule has 0 aliphatic carbocycles. The molecule has 2 aromatic carbocycles. The monoisotopic (exact) mass is 404 g/mol. The molecular weight excluding hydrogens is 380 g/mol. The number of aromatic carboxylic acids is 1. The molecule has 0 bridgehead atoms. The number of carboxylic acid groups (broad SMARTS) is 1. The Balaban J connectivity index is 1.94. The summed E-state index contributed by atoms with van der Waals surface area (Å²) in [5.74, 6) is -1.21. The second-order valence-electron chi connectivity index (χ2n) is 6.93. The number of carbonyl (C=O) groups excluding carboxylic acids is 1. The van der Waals surface area contributed by atoms with Gasteiger partial charge in [0, 0.05) is 24.7 Å². The highest BCUT2D eigenvalue weighted by Gasteiger charge is 2.15. The smallest absolute Gasteiger partial charge is 0.336 e. The molecule has 1 aromatic heterocycles. The van der Waals surface area contributed by atoms with Gasteiger partial charge in [0.25, 0.3) is 0 Å². The molecule has 0 atom stereocenters. The van der Waals surface area contributed by atoms with Gasteiger partial charge in [-0.1, -0.05) is 61.5 Å². The minimum atomic E-state index is -0.975. The van der Waals surface area contributed by atoms with Gasteiger partial charge in [0.15, 0.2) is 0 Å². The molecule has 0 amide bonds. The average Bonchev–Trinajstić information content (AvgIpc) is 3.07. The topological polar surface area (TPSA) is 81.3 Å². The van der Waals surface area contributed by atoms with E-state index in [-0.39, 0.29) is 23.6 Å². The highest BCUT2D eigenvalue weighted by Crippen LogP contribution is 2.24. The molecule has 0 aliphatic heterocycles. The molecule has 0 saturated carbocycles. The molecular formula is C24H24N2O4. The summed E-state index contributed by atoms with van der Waals surface area (Å²) in [6.07, 6.45) is 6.27. The quantitative estimate of drug-likeness (QED) is 0.598. The number of aromatic nitrogens is 2. The molecule has 1 heterocycles. The van der Waals surface area contributed by atoms with Crippen molar-refractivity contribution in [1.29, 1.82) is 0 Å². The Morgan fingerprint density at radius 2 is 1.77 bits per heavy atom. The number of carbonyl (C=O) groups is 2. The van der Waals surface area contributed by atoms with Crippen LogP contribution in [0.4, 0.5) is 0 Å². The molecule has 0 saturated heterocycles. The minimum absolute atomic E-state index is 0.235. The number of rotatable bonds is 7. The molecule has 0 spiro atoms. The van der Waals surface area contributed by atoms with Crippen molar-refractivity contribution in [3.8, 4) is 11.1 Å². The van der Waals surface area contributed by atoms with Crippen LogP contribution in [0.1, 0.15) is 46.7 Å². The number of benzene rings is 2. The summed E-state index contributed by atoms with van der Waals surface area (Å²) in [6.45, 7) is 3.96. The Morgan fingerprint density at radius 3 is 2.40 bits per heavy atom. The van der Waals surface area contributed by atoms with Crippen LogP contribution in [0.5, 0.6) is 0 Å². The summed E-state index contributed by atoms with van der Waals surface area (Å²) in [5.41, 5.74) is 2.98. The van der Waals surface area contributed by atoms with Gasteiger partial charge >= 0.3 is 11.7 Å². The third-order valence-corrected chi connectivity index (χ3v) is 4.96. The van der Waals surface area contributed by atoms with Gasteiger partial charge in [-0.25, -0.2) is 14.2 Å². The van der Waals surface area contributed by atoms with Gasteiger partial charge in [-0.2, -0.15) is 0 Å². The Bertz CT molecular complexity index is 1150. The van der Waals surface area contributed by atoms with Crippen LogP contribution in [-0.2, 0) is 13.0 Å². The van der Waals surface area contributed by atoms with Crippen LogP contribution in [0.3, 0.4) is 0 Å². The number of imidazole rings is 1. The Labute approximate surface area is 174 Å². The van der Waals surface area contributed by atoms with Crippen LogP contribution in [0.2, 0.25) is 0 Å². The van der Waals surface area contributed by atoms with Crippen LogP contribution >= 0.6 is 0 Å². The fraction of sp³-hybridized carbons (Fsp3) is 0.208. The molecule has 0 fully saturated rings. The van der Waals surface area contributed by atoms with Gasteiger partial charge in [-0.15, -0.1) is 0 Å². The van der Waals surface area contributed by atoms with Gasteiger partial charge in [-0.3, -0.25) is 9.36 Å². The second-order valence-corrected chi connectivity index (χ2v) is 6.93. The van der Waals surface area contributed by atoms with Crippen molar-refractivity contribution < 1.29 is 14.7 Å². The fourth-order valence-electron chi connectivity index (χ4n) is 3.34. The SMILES string of the molecule is C/C=C/Cc1cn(C(=O)CC)c(=O)n1Cc1ccc(-c2ccccc2C(=O)O)cc1. The first-order valence-corrected chi connectivity index (χ1v) is 9.83. The van der Waals surface area contributed by atoms with E-state index in [2.05, 4.69) is 0 Å². The molecule has 3 aromatic rings. The summed E-state index contributed by atoms with van der Waals surface area (Å²) in [5, 5.41) is 9.40. The van der Waals surface area contributed by atoms with Gasteiger partial charge in [0.1, 0.15) is 0 Å². The molecule has 154 valence electrons. The van der Waals surface area contributed by atoms with Gasteiger partial charge in [-0.05, 0) is 29.7 Å². The molecule has 1 N–H and O–H groups in total. The summed E-state index contributed by atoms with van der Waals surface area (Å²) >= 11 is 0. The van der Waals surface area contributed by atoms with Crippen molar-refractivity contribution in [3.05, 3.63) is 94.2 Å². The normalized spacial score (nSPS) is 11.1.